The molecule has 0 spiro atoms. The lowest BCUT2D eigenvalue weighted by atomic mass is 9.70. The van der Waals surface area contributed by atoms with Crippen LogP contribution < -0.4 is 9.47 Å². The molecule has 1 aromatic rings. The summed E-state index contributed by atoms with van der Waals surface area (Å²) >= 11 is 3.45. The first kappa shape index (κ1) is 16.8. The number of benzene rings is 1. The quantitative estimate of drug-likeness (QED) is 0.695. The molecule has 1 aromatic carbocycles. The predicted octanol–water partition coefficient (Wildman–Crippen LogP) is 4.30. The van der Waals surface area contributed by atoms with Gasteiger partial charge in [-0.15, -0.1) is 0 Å². The summed E-state index contributed by atoms with van der Waals surface area (Å²) in [5.41, 5.74) is 0.501. The van der Waals surface area contributed by atoms with Crippen molar-refractivity contribution < 1.29 is 9.47 Å². The zero-order valence-corrected chi connectivity index (χ0v) is 14.2. The average Bonchev–Trinajstić information content (AvgIpc) is 2.47. The lowest BCUT2D eigenvalue weighted by Gasteiger charge is -2.31. The minimum atomic E-state index is -0.493. The van der Waals surface area contributed by atoms with Gasteiger partial charge in [0.15, 0.2) is 11.5 Å². The third-order valence-electron chi connectivity index (χ3n) is 3.79. The van der Waals surface area contributed by atoms with Gasteiger partial charge in [0, 0.05) is 5.33 Å². The number of hydrogen-bond donors (Lipinski definition) is 0. The number of ether oxygens (including phenoxy) is 2. The Morgan fingerprint density at radius 2 is 1.90 bits per heavy atom. The van der Waals surface area contributed by atoms with E-state index in [1.54, 1.807) is 14.2 Å². The normalized spacial score (nSPS) is 13.7. The summed E-state index contributed by atoms with van der Waals surface area (Å²) < 4.78 is 10.6. The van der Waals surface area contributed by atoms with E-state index in [2.05, 4.69) is 35.8 Å². The molecular formula is C16H22BrNO2. The molecular weight excluding hydrogens is 318 g/mol. The number of nitrogens with zero attached hydrogens (tertiary/aromatic N) is 1. The third kappa shape index (κ3) is 3.27. The summed E-state index contributed by atoms with van der Waals surface area (Å²) in [5.74, 6) is 1.58. The Bertz CT molecular complexity index is 482. The largest absolute Gasteiger partial charge is 0.493 e. The predicted molar refractivity (Wildman–Crippen MR) is 84.7 cm³/mol. The van der Waals surface area contributed by atoms with Crippen molar-refractivity contribution in [3.8, 4) is 17.6 Å². The summed E-state index contributed by atoms with van der Waals surface area (Å²) in [5, 5.41) is 10.7. The number of alkyl halides is 1. The van der Waals surface area contributed by atoms with Crippen molar-refractivity contribution in [3.63, 3.8) is 0 Å². The second-order valence-corrected chi connectivity index (χ2v) is 5.89. The van der Waals surface area contributed by atoms with Gasteiger partial charge < -0.3 is 9.47 Å². The molecule has 0 fully saturated rings. The first-order valence-electron chi connectivity index (χ1n) is 6.75. The van der Waals surface area contributed by atoms with E-state index in [1.165, 1.54) is 0 Å². The maximum atomic E-state index is 9.78. The van der Waals surface area contributed by atoms with Crippen LogP contribution in [0, 0.1) is 17.2 Å². The fraction of sp³-hybridized carbons (Fsp3) is 0.562. The van der Waals surface area contributed by atoms with Crippen LogP contribution in [0.3, 0.4) is 0 Å². The maximum Gasteiger partial charge on any atom is 0.161 e. The molecule has 3 nitrogen and oxygen atoms in total. The highest BCUT2D eigenvalue weighted by atomic mass is 79.9. The van der Waals surface area contributed by atoms with Crippen LogP contribution in [0.15, 0.2) is 18.2 Å². The van der Waals surface area contributed by atoms with Crippen LogP contribution in [0.5, 0.6) is 11.5 Å². The van der Waals surface area contributed by atoms with Gasteiger partial charge in [0.2, 0.25) is 0 Å². The molecule has 1 rings (SSSR count). The number of hydrogen-bond acceptors (Lipinski definition) is 3. The van der Waals surface area contributed by atoms with Crippen LogP contribution >= 0.6 is 15.9 Å². The second-order valence-electron chi connectivity index (χ2n) is 5.10. The lowest BCUT2D eigenvalue weighted by molar-refractivity contribution is 0.344. The van der Waals surface area contributed by atoms with Crippen molar-refractivity contribution in [1.29, 1.82) is 5.26 Å². The molecule has 0 aliphatic carbocycles. The van der Waals surface area contributed by atoms with Crippen LogP contribution in [-0.4, -0.2) is 19.5 Å². The number of nitriles is 1. The van der Waals surface area contributed by atoms with Crippen molar-refractivity contribution in [2.75, 3.05) is 19.5 Å². The average molecular weight is 340 g/mol. The third-order valence-corrected chi connectivity index (χ3v) is 4.35. The van der Waals surface area contributed by atoms with E-state index in [1.807, 2.05) is 18.2 Å². The Morgan fingerprint density at radius 3 is 2.35 bits per heavy atom. The van der Waals surface area contributed by atoms with Crippen LogP contribution in [0.25, 0.3) is 0 Å². The van der Waals surface area contributed by atoms with E-state index in [0.717, 1.165) is 23.7 Å². The van der Waals surface area contributed by atoms with E-state index in [9.17, 15) is 5.26 Å². The van der Waals surface area contributed by atoms with Crippen LogP contribution in [0.4, 0.5) is 0 Å². The van der Waals surface area contributed by atoms with Crippen LogP contribution in [-0.2, 0) is 5.41 Å². The summed E-state index contributed by atoms with van der Waals surface area (Å²) in [7, 11) is 3.23. The zero-order valence-electron chi connectivity index (χ0n) is 12.6. The lowest BCUT2D eigenvalue weighted by Crippen LogP contribution is -2.31. The molecule has 4 heteroatoms. The molecule has 0 radical (unpaired) electrons. The second kappa shape index (κ2) is 7.54. The van der Waals surface area contributed by atoms with E-state index in [4.69, 9.17) is 9.47 Å². The number of halogens is 1. The molecule has 0 saturated carbocycles. The van der Waals surface area contributed by atoms with Gasteiger partial charge in [0.25, 0.3) is 0 Å². The molecule has 20 heavy (non-hydrogen) atoms. The van der Waals surface area contributed by atoms with Crippen LogP contribution in [0.2, 0.25) is 0 Å². The summed E-state index contributed by atoms with van der Waals surface area (Å²) in [6, 6.07) is 8.31. The Kier molecular flexibility index (Phi) is 6.35. The van der Waals surface area contributed by atoms with Gasteiger partial charge in [-0.3, -0.25) is 0 Å². The molecule has 0 N–H and O–H groups in total. The van der Waals surface area contributed by atoms with Gasteiger partial charge in [0.05, 0.1) is 25.7 Å². The smallest absolute Gasteiger partial charge is 0.161 e. The molecule has 0 amide bonds. The Labute approximate surface area is 130 Å². The number of rotatable bonds is 7. The van der Waals surface area contributed by atoms with Gasteiger partial charge in [-0.05, 0) is 36.5 Å². The molecule has 0 bridgehead atoms. The fourth-order valence-corrected chi connectivity index (χ4v) is 2.76. The number of methoxy groups -OCH3 is 2. The fourth-order valence-electron chi connectivity index (χ4n) is 2.48. The summed E-state index contributed by atoms with van der Waals surface area (Å²) in [4.78, 5) is 0. The highest BCUT2D eigenvalue weighted by molar-refractivity contribution is 9.09. The van der Waals surface area contributed by atoms with Gasteiger partial charge in [-0.25, -0.2) is 0 Å². The molecule has 110 valence electrons. The molecule has 0 aliphatic heterocycles. The minimum absolute atomic E-state index is 0.227. The molecule has 1 atom stereocenters. The monoisotopic (exact) mass is 339 g/mol. The standard InChI is InChI=1S/C16H22BrNO2/c1-12(2)16(11-18,8-5-9-17)13-6-7-14(19-3)15(10-13)20-4/h6-7,10,12H,5,8-9H2,1-4H3/t16-/m0/s1. The first-order valence-corrected chi connectivity index (χ1v) is 7.87. The molecule has 0 saturated heterocycles. The van der Waals surface area contributed by atoms with Crippen molar-refractivity contribution in [1.82, 2.24) is 0 Å². The molecule has 0 heterocycles. The topological polar surface area (TPSA) is 42.2 Å². The van der Waals surface area contributed by atoms with Gasteiger partial charge in [-0.2, -0.15) is 5.26 Å². The van der Waals surface area contributed by atoms with Crippen molar-refractivity contribution in [2.45, 2.75) is 32.1 Å². The minimum Gasteiger partial charge on any atom is -0.493 e. The van der Waals surface area contributed by atoms with Gasteiger partial charge in [-0.1, -0.05) is 35.8 Å². The Hall–Kier alpha value is -1.21. The van der Waals surface area contributed by atoms with E-state index < -0.39 is 5.41 Å². The van der Waals surface area contributed by atoms with E-state index >= 15 is 0 Å². The SMILES string of the molecule is COc1ccc([C@](C#N)(CCCBr)C(C)C)cc1OC. The van der Waals surface area contributed by atoms with Crippen LogP contribution in [0.1, 0.15) is 32.3 Å². The molecule has 0 aliphatic rings. The van der Waals surface area contributed by atoms with E-state index in [0.29, 0.717) is 11.5 Å². The van der Waals surface area contributed by atoms with Crippen molar-refractivity contribution in [3.05, 3.63) is 23.8 Å². The molecule has 0 unspecified atom stereocenters. The Morgan fingerprint density at radius 1 is 1.25 bits per heavy atom. The van der Waals surface area contributed by atoms with E-state index in [-0.39, 0.29) is 5.92 Å². The molecule has 0 aromatic heterocycles. The summed E-state index contributed by atoms with van der Waals surface area (Å²) in [6.45, 7) is 4.18. The Balaban J connectivity index is 3.31. The first-order chi connectivity index (χ1) is 9.55. The summed E-state index contributed by atoms with van der Waals surface area (Å²) in [6.07, 6.45) is 1.78. The van der Waals surface area contributed by atoms with Crippen molar-refractivity contribution in [2.24, 2.45) is 5.92 Å². The zero-order chi connectivity index (χ0) is 15.2. The van der Waals surface area contributed by atoms with Crippen molar-refractivity contribution >= 4 is 15.9 Å². The maximum absolute atomic E-state index is 9.78. The van der Waals surface area contributed by atoms with Gasteiger partial charge >= 0.3 is 0 Å². The highest BCUT2D eigenvalue weighted by Gasteiger charge is 2.36. The van der Waals surface area contributed by atoms with Gasteiger partial charge in [0.1, 0.15) is 0 Å². The highest BCUT2D eigenvalue weighted by Crippen LogP contribution is 2.40.